The van der Waals surface area contributed by atoms with Gasteiger partial charge in [0.15, 0.2) is 23.2 Å². The van der Waals surface area contributed by atoms with Crippen molar-refractivity contribution in [2.24, 2.45) is 10.7 Å². The van der Waals surface area contributed by atoms with Gasteiger partial charge in [0.1, 0.15) is 12.3 Å². The van der Waals surface area contributed by atoms with E-state index in [2.05, 4.69) is 15.6 Å². The quantitative estimate of drug-likeness (QED) is 0.300. The standard InChI is InChI=1S/C18H24N4O4.HI/c1-4-20-18(21-11-13-7-9-15(26-13)17(19)23)22-12-6-8-14(25-5-2)16(10-12)24-3;/h6-10H,4-5,11H2,1-3H3,(H2,19,23)(H2,20,21,22);1H. The van der Waals surface area contributed by atoms with E-state index in [4.69, 9.17) is 19.6 Å². The number of nitrogens with zero attached hydrogens (tertiary/aromatic N) is 1. The number of hydrogen-bond donors (Lipinski definition) is 3. The molecular formula is C18H25IN4O4. The van der Waals surface area contributed by atoms with Crippen LogP contribution in [-0.2, 0) is 6.54 Å². The Morgan fingerprint density at radius 1 is 1.22 bits per heavy atom. The molecule has 0 atom stereocenters. The lowest BCUT2D eigenvalue weighted by Gasteiger charge is -2.14. The van der Waals surface area contributed by atoms with Gasteiger partial charge in [-0.15, -0.1) is 24.0 Å². The van der Waals surface area contributed by atoms with Gasteiger partial charge in [0.2, 0.25) is 0 Å². The highest BCUT2D eigenvalue weighted by atomic mass is 127. The molecule has 0 aliphatic heterocycles. The maximum atomic E-state index is 11.1. The zero-order valence-corrected chi connectivity index (χ0v) is 17.9. The topological polar surface area (TPSA) is 111 Å². The third-order valence-electron chi connectivity index (χ3n) is 3.37. The summed E-state index contributed by atoms with van der Waals surface area (Å²) in [6.07, 6.45) is 0. The summed E-state index contributed by atoms with van der Waals surface area (Å²) in [5.41, 5.74) is 5.97. The summed E-state index contributed by atoms with van der Waals surface area (Å²) < 4.78 is 16.2. The van der Waals surface area contributed by atoms with Crippen molar-refractivity contribution in [1.29, 1.82) is 0 Å². The van der Waals surface area contributed by atoms with Crippen LogP contribution in [0.3, 0.4) is 0 Å². The van der Waals surface area contributed by atoms with E-state index in [-0.39, 0.29) is 36.3 Å². The number of guanidine groups is 1. The molecule has 0 fully saturated rings. The second kappa shape index (κ2) is 11.3. The van der Waals surface area contributed by atoms with Gasteiger partial charge in [-0.05, 0) is 38.1 Å². The number of primary amides is 1. The molecule has 0 aliphatic rings. The zero-order chi connectivity index (χ0) is 18.9. The molecule has 0 spiro atoms. The van der Waals surface area contributed by atoms with E-state index < -0.39 is 5.91 Å². The Kier molecular flexibility index (Phi) is 9.48. The number of nitrogens with one attached hydrogen (secondary N) is 2. The summed E-state index contributed by atoms with van der Waals surface area (Å²) in [4.78, 5) is 15.5. The molecule has 0 bridgehead atoms. The number of amides is 1. The number of nitrogens with two attached hydrogens (primary N) is 1. The van der Waals surface area contributed by atoms with Gasteiger partial charge in [0.25, 0.3) is 5.91 Å². The number of methoxy groups -OCH3 is 1. The summed E-state index contributed by atoms with van der Waals surface area (Å²) in [6, 6.07) is 8.74. The fourth-order valence-electron chi connectivity index (χ4n) is 2.22. The van der Waals surface area contributed by atoms with Crippen molar-refractivity contribution in [3.05, 3.63) is 41.9 Å². The van der Waals surface area contributed by atoms with Crippen molar-refractivity contribution in [2.75, 3.05) is 25.6 Å². The van der Waals surface area contributed by atoms with E-state index in [1.54, 1.807) is 13.2 Å². The molecule has 0 radical (unpaired) electrons. The molecule has 0 unspecified atom stereocenters. The van der Waals surface area contributed by atoms with E-state index in [1.807, 2.05) is 32.0 Å². The molecule has 1 heterocycles. The van der Waals surface area contributed by atoms with Crippen LogP contribution < -0.4 is 25.8 Å². The van der Waals surface area contributed by atoms with E-state index in [0.717, 1.165) is 5.69 Å². The minimum absolute atomic E-state index is 0. The summed E-state index contributed by atoms with van der Waals surface area (Å²) in [5, 5.41) is 6.34. The number of aliphatic imine (C=N–C) groups is 1. The number of benzene rings is 1. The van der Waals surface area contributed by atoms with Crippen LogP contribution >= 0.6 is 24.0 Å². The Balaban J connectivity index is 0.00000364. The number of carbonyl (C=O) groups is 1. The predicted molar refractivity (Wildman–Crippen MR) is 115 cm³/mol. The van der Waals surface area contributed by atoms with Gasteiger partial charge in [-0.2, -0.15) is 0 Å². The molecule has 4 N–H and O–H groups in total. The van der Waals surface area contributed by atoms with Crippen LogP contribution in [0.25, 0.3) is 0 Å². The van der Waals surface area contributed by atoms with E-state index in [9.17, 15) is 4.79 Å². The largest absolute Gasteiger partial charge is 0.493 e. The van der Waals surface area contributed by atoms with Crippen molar-refractivity contribution < 1.29 is 18.7 Å². The number of carbonyl (C=O) groups excluding carboxylic acids is 1. The molecule has 27 heavy (non-hydrogen) atoms. The highest BCUT2D eigenvalue weighted by Gasteiger charge is 2.09. The maximum absolute atomic E-state index is 11.1. The molecular weight excluding hydrogens is 463 g/mol. The zero-order valence-electron chi connectivity index (χ0n) is 15.6. The molecule has 0 saturated carbocycles. The maximum Gasteiger partial charge on any atom is 0.284 e. The van der Waals surface area contributed by atoms with Gasteiger partial charge in [-0.1, -0.05) is 0 Å². The van der Waals surface area contributed by atoms with Gasteiger partial charge < -0.3 is 30.3 Å². The molecule has 1 amide bonds. The van der Waals surface area contributed by atoms with Gasteiger partial charge in [-0.3, -0.25) is 4.79 Å². The van der Waals surface area contributed by atoms with Crippen molar-refractivity contribution in [3.63, 3.8) is 0 Å². The second-order valence-electron chi connectivity index (χ2n) is 5.25. The van der Waals surface area contributed by atoms with Gasteiger partial charge in [-0.25, -0.2) is 4.99 Å². The lowest BCUT2D eigenvalue weighted by Crippen LogP contribution is -2.30. The second-order valence-corrected chi connectivity index (χ2v) is 5.25. The van der Waals surface area contributed by atoms with Crippen LogP contribution in [0, 0.1) is 0 Å². The normalized spacial score (nSPS) is 10.7. The van der Waals surface area contributed by atoms with Crippen LogP contribution in [0.5, 0.6) is 11.5 Å². The Hall–Kier alpha value is -2.43. The first-order valence-corrected chi connectivity index (χ1v) is 8.32. The van der Waals surface area contributed by atoms with Gasteiger partial charge in [0.05, 0.1) is 13.7 Å². The summed E-state index contributed by atoms with van der Waals surface area (Å²) >= 11 is 0. The van der Waals surface area contributed by atoms with Crippen LogP contribution in [0.4, 0.5) is 5.69 Å². The van der Waals surface area contributed by atoms with Crippen LogP contribution in [0.15, 0.2) is 39.7 Å². The number of anilines is 1. The lowest BCUT2D eigenvalue weighted by atomic mass is 10.2. The number of furan rings is 1. The molecule has 1 aromatic carbocycles. The Labute approximate surface area is 175 Å². The smallest absolute Gasteiger partial charge is 0.284 e. The van der Waals surface area contributed by atoms with Crippen LogP contribution in [0.2, 0.25) is 0 Å². The monoisotopic (exact) mass is 488 g/mol. The molecule has 1 aromatic heterocycles. The van der Waals surface area contributed by atoms with Crippen LogP contribution in [-0.4, -0.2) is 32.1 Å². The minimum Gasteiger partial charge on any atom is -0.493 e. The first kappa shape index (κ1) is 22.6. The molecule has 0 saturated heterocycles. The van der Waals surface area contributed by atoms with Crippen molar-refractivity contribution >= 4 is 41.5 Å². The third kappa shape index (κ3) is 6.66. The molecule has 9 heteroatoms. The molecule has 2 rings (SSSR count). The Morgan fingerprint density at radius 2 is 2.00 bits per heavy atom. The molecule has 2 aromatic rings. The first-order valence-electron chi connectivity index (χ1n) is 8.32. The third-order valence-corrected chi connectivity index (χ3v) is 3.37. The number of rotatable bonds is 8. The highest BCUT2D eigenvalue weighted by molar-refractivity contribution is 14.0. The molecule has 8 nitrogen and oxygen atoms in total. The number of hydrogen-bond acceptors (Lipinski definition) is 5. The molecule has 148 valence electrons. The Bertz CT molecular complexity index is 776. The summed E-state index contributed by atoms with van der Waals surface area (Å²) in [7, 11) is 1.59. The lowest BCUT2D eigenvalue weighted by molar-refractivity contribution is 0.0972. The van der Waals surface area contributed by atoms with Gasteiger partial charge >= 0.3 is 0 Å². The van der Waals surface area contributed by atoms with Crippen molar-refractivity contribution in [3.8, 4) is 11.5 Å². The average Bonchev–Trinajstić information content (AvgIpc) is 3.10. The van der Waals surface area contributed by atoms with Crippen molar-refractivity contribution in [2.45, 2.75) is 20.4 Å². The highest BCUT2D eigenvalue weighted by Crippen LogP contribution is 2.30. The van der Waals surface area contributed by atoms with E-state index >= 15 is 0 Å². The Morgan fingerprint density at radius 3 is 2.59 bits per heavy atom. The fraction of sp³-hybridized carbons (Fsp3) is 0.333. The number of ether oxygens (including phenoxy) is 2. The summed E-state index contributed by atoms with van der Waals surface area (Å²) in [5.74, 6) is 1.93. The first-order chi connectivity index (χ1) is 12.6. The molecule has 0 aliphatic carbocycles. The predicted octanol–water partition coefficient (Wildman–Crippen LogP) is 2.98. The average molecular weight is 488 g/mol. The van der Waals surface area contributed by atoms with Crippen LogP contribution in [0.1, 0.15) is 30.2 Å². The SMILES string of the molecule is CCNC(=NCc1ccc(C(N)=O)o1)Nc1ccc(OCC)c(OC)c1.I. The van der Waals surface area contributed by atoms with Crippen molar-refractivity contribution in [1.82, 2.24) is 5.32 Å². The fourth-order valence-corrected chi connectivity index (χ4v) is 2.22. The summed E-state index contributed by atoms with van der Waals surface area (Å²) in [6.45, 7) is 5.39. The minimum atomic E-state index is -0.605. The van der Waals surface area contributed by atoms with E-state index in [0.29, 0.717) is 36.4 Å². The number of halogens is 1. The van der Waals surface area contributed by atoms with E-state index in [1.165, 1.54) is 6.07 Å². The van der Waals surface area contributed by atoms with Gasteiger partial charge in [0, 0.05) is 18.3 Å².